The van der Waals surface area contributed by atoms with Crippen LogP contribution < -0.4 is 22.1 Å². The minimum Gasteiger partial charge on any atom is -0.480 e. The van der Waals surface area contributed by atoms with E-state index >= 15 is 0 Å². The number of primary amides is 1. The molecule has 0 aliphatic carbocycles. The van der Waals surface area contributed by atoms with Gasteiger partial charge >= 0.3 is 12.0 Å². The summed E-state index contributed by atoms with van der Waals surface area (Å²) in [5.74, 6) is -1.64. The summed E-state index contributed by atoms with van der Waals surface area (Å²) in [6, 6.07) is -3.04. The summed E-state index contributed by atoms with van der Waals surface area (Å²) in [4.78, 5) is 31.1. The van der Waals surface area contributed by atoms with Gasteiger partial charge in [0.15, 0.2) is 6.04 Å². The number of hydrogen-bond donors (Lipinski definition) is 7. The molecule has 1 aromatic rings. The number of hydrogen-bond acceptors (Lipinski definition) is 9. The van der Waals surface area contributed by atoms with Gasteiger partial charge in [0.05, 0.1) is 19.8 Å². The molecule has 1 heterocycles. The molecule has 1 aromatic heterocycles. The lowest BCUT2D eigenvalue weighted by Crippen LogP contribution is -2.47. The monoisotopic (exact) mass is 348 g/mol. The number of amides is 3. The lowest BCUT2D eigenvalue weighted by molar-refractivity contribution is -0.140. The van der Waals surface area contributed by atoms with Crippen LogP contribution in [0.1, 0.15) is 24.7 Å². The average molecular weight is 348 g/mol. The van der Waals surface area contributed by atoms with Gasteiger partial charge in [-0.2, -0.15) is 0 Å². The van der Waals surface area contributed by atoms with Crippen LogP contribution in [0.3, 0.4) is 0 Å². The van der Waals surface area contributed by atoms with Gasteiger partial charge in [0, 0.05) is 6.92 Å². The van der Waals surface area contributed by atoms with Crippen LogP contribution in [-0.2, 0) is 16.1 Å². The van der Waals surface area contributed by atoms with Crippen molar-refractivity contribution in [2.24, 2.45) is 11.5 Å². The van der Waals surface area contributed by atoms with E-state index < -0.39 is 30.7 Å². The molecule has 0 aliphatic rings. The molecule has 13 heteroatoms. The highest BCUT2D eigenvalue weighted by atomic mass is 16.4. The van der Waals surface area contributed by atoms with Gasteiger partial charge < -0.3 is 41.8 Å². The second-order valence-corrected chi connectivity index (χ2v) is 4.33. The van der Waals surface area contributed by atoms with Crippen molar-refractivity contribution in [3.8, 4) is 0 Å². The van der Waals surface area contributed by atoms with Crippen LogP contribution in [0.25, 0.3) is 0 Å². The average Bonchev–Trinajstić information content (AvgIpc) is 2.97. The Balaban J connectivity index is 0.00000118. The summed E-state index contributed by atoms with van der Waals surface area (Å²) in [7, 11) is 0. The molecule has 24 heavy (non-hydrogen) atoms. The summed E-state index contributed by atoms with van der Waals surface area (Å²) in [6.45, 7) is 0.0416. The number of aliphatic carboxylic acids is 1. The molecule has 0 saturated heterocycles. The fourth-order valence-corrected chi connectivity index (χ4v) is 1.12. The maximum absolute atomic E-state index is 11.3. The van der Waals surface area contributed by atoms with Crippen molar-refractivity contribution in [3.63, 3.8) is 0 Å². The van der Waals surface area contributed by atoms with Crippen molar-refractivity contribution in [1.82, 2.24) is 20.8 Å². The van der Waals surface area contributed by atoms with Gasteiger partial charge in [-0.05, 0) is 0 Å². The first kappa shape index (κ1) is 21.2. The first-order valence-corrected chi connectivity index (χ1v) is 6.54. The number of nitrogens with zero attached hydrogens (tertiary/aromatic N) is 2. The predicted octanol–water partition coefficient (Wildman–Crippen LogP) is -3.20. The largest absolute Gasteiger partial charge is 0.480 e. The van der Waals surface area contributed by atoms with Gasteiger partial charge in [-0.1, -0.05) is 0 Å². The van der Waals surface area contributed by atoms with Crippen LogP contribution in [0.2, 0.25) is 0 Å². The van der Waals surface area contributed by atoms with Crippen molar-refractivity contribution < 1.29 is 34.1 Å². The first-order chi connectivity index (χ1) is 11.2. The number of aliphatic hydroxyl groups is 2. The molecular weight excluding hydrogens is 328 g/mol. The highest BCUT2D eigenvalue weighted by molar-refractivity contribution is 5.82. The molecule has 0 saturated carbocycles. The third kappa shape index (κ3) is 8.62. The maximum atomic E-state index is 11.3. The number of urea groups is 1. The SMILES string of the molecule is CC(N)=O.N[C@@H](CO)c1nnc(CNC(=O)N[C@@H](CO)C(=O)O)o1. The van der Waals surface area contributed by atoms with Crippen molar-refractivity contribution in [1.29, 1.82) is 0 Å². The topological polar surface area (TPSA) is 227 Å². The second kappa shape index (κ2) is 10.9. The zero-order chi connectivity index (χ0) is 18.7. The van der Waals surface area contributed by atoms with E-state index in [-0.39, 0.29) is 30.8 Å². The van der Waals surface area contributed by atoms with Gasteiger partial charge in [0.1, 0.15) is 6.04 Å². The summed E-state index contributed by atoms with van der Waals surface area (Å²) < 4.78 is 5.05. The zero-order valence-corrected chi connectivity index (χ0v) is 12.8. The highest BCUT2D eigenvalue weighted by Crippen LogP contribution is 2.07. The van der Waals surface area contributed by atoms with Crippen LogP contribution in [0.15, 0.2) is 4.42 Å². The van der Waals surface area contributed by atoms with Crippen LogP contribution in [0.5, 0.6) is 0 Å². The molecule has 0 aromatic carbocycles. The lowest BCUT2D eigenvalue weighted by atomic mass is 10.3. The number of nitrogens with two attached hydrogens (primary N) is 2. The molecular formula is C11H20N6O7. The van der Waals surface area contributed by atoms with E-state index in [0.29, 0.717) is 0 Å². The Kier molecular flexibility index (Phi) is 9.62. The van der Waals surface area contributed by atoms with Crippen LogP contribution in [0, 0.1) is 0 Å². The minimum atomic E-state index is -1.41. The van der Waals surface area contributed by atoms with Gasteiger partial charge in [-0.15, -0.1) is 10.2 Å². The number of carboxylic acids is 1. The van der Waals surface area contributed by atoms with E-state index in [1.807, 2.05) is 5.32 Å². The third-order valence-electron chi connectivity index (χ3n) is 2.18. The molecule has 13 nitrogen and oxygen atoms in total. The predicted molar refractivity (Wildman–Crippen MR) is 77.1 cm³/mol. The number of carbonyl (C=O) groups is 3. The molecule has 0 unspecified atom stereocenters. The number of nitrogens with one attached hydrogen (secondary N) is 2. The normalized spacial score (nSPS) is 12.3. The Morgan fingerprint density at radius 3 is 2.29 bits per heavy atom. The number of carboxylic acid groups (broad SMARTS) is 1. The first-order valence-electron chi connectivity index (χ1n) is 6.54. The molecule has 9 N–H and O–H groups in total. The van der Waals surface area contributed by atoms with Crippen molar-refractivity contribution >= 4 is 17.9 Å². The quantitative estimate of drug-likeness (QED) is 0.261. The zero-order valence-electron chi connectivity index (χ0n) is 12.8. The highest BCUT2D eigenvalue weighted by Gasteiger charge is 2.19. The fourth-order valence-electron chi connectivity index (χ4n) is 1.12. The van der Waals surface area contributed by atoms with Crippen molar-refractivity contribution in [2.45, 2.75) is 25.6 Å². The van der Waals surface area contributed by atoms with E-state index in [1.165, 1.54) is 6.92 Å². The summed E-state index contributed by atoms with van der Waals surface area (Å²) in [5, 5.41) is 37.5. The van der Waals surface area contributed by atoms with Gasteiger partial charge in [-0.3, -0.25) is 4.79 Å². The third-order valence-corrected chi connectivity index (χ3v) is 2.18. The molecule has 136 valence electrons. The van der Waals surface area contributed by atoms with Gasteiger partial charge in [0.2, 0.25) is 17.7 Å². The molecule has 3 amide bonds. The molecule has 0 spiro atoms. The second-order valence-electron chi connectivity index (χ2n) is 4.33. The molecule has 0 bridgehead atoms. The molecule has 1 rings (SSSR count). The molecule has 2 atom stereocenters. The van der Waals surface area contributed by atoms with E-state index in [2.05, 4.69) is 21.2 Å². The summed E-state index contributed by atoms with van der Waals surface area (Å²) in [5.41, 5.74) is 9.91. The smallest absolute Gasteiger partial charge is 0.328 e. The van der Waals surface area contributed by atoms with Crippen LogP contribution in [0.4, 0.5) is 4.79 Å². The number of rotatable bonds is 7. The maximum Gasteiger partial charge on any atom is 0.328 e. The Labute approximate surface area is 136 Å². The van der Waals surface area contributed by atoms with Crippen molar-refractivity contribution in [2.75, 3.05) is 13.2 Å². The number of aromatic nitrogens is 2. The molecule has 0 aliphatic heterocycles. The van der Waals surface area contributed by atoms with E-state index in [0.717, 1.165) is 0 Å². The van der Waals surface area contributed by atoms with Crippen LogP contribution in [-0.4, -0.2) is 62.7 Å². The Hall–Kier alpha value is -2.77. The van der Waals surface area contributed by atoms with E-state index in [9.17, 15) is 14.4 Å². The Bertz CT molecular complexity index is 545. The lowest BCUT2D eigenvalue weighted by Gasteiger charge is -2.11. The van der Waals surface area contributed by atoms with Crippen molar-refractivity contribution in [3.05, 3.63) is 11.8 Å². The minimum absolute atomic E-state index is 0.0171. The van der Waals surface area contributed by atoms with Crippen LogP contribution >= 0.6 is 0 Å². The Morgan fingerprint density at radius 1 is 1.25 bits per heavy atom. The summed E-state index contributed by atoms with van der Waals surface area (Å²) >= 11 is 0. The Morgan fingerprint density at radius 2 is 1.83 bits per heavy atom. The molecule has 0 radical (unpaired) electrons. The number of aliphatic hydroxyl groups excluding tert-OH is 2. The van der Waals surface area contributed by atoms with Gasteiger partial charge in [0.25, 0.3) is 0 Å². The molecule has 0 fully saturated rings. The fraction of sp³-hybridized carbons (Fsp3) is 0.545. The summed E-state index contributed by atoms with van der Waals surface area (Å²) in [6.07, 6.45) is 0. The standard InChI is InChI=1S/C9H15N5O6.C2H5NO/c10-4(2-15)7-14-13-6(20-7)1-11-9(19)12-5(3-16)8(17)18;1-2(3)4/h4-5,15-16H,1-3,10H2,(H,17,18)(H2,11,12,19);1H3,(H2,3,4)/t4-,5-;/m0./s1. The number of carbonyl (C=O) groups excluding carboxylic acids is 2. The van der Waals surface area contributed by atoms with E-state index in [4.69, 9.17) is 25.5 Å². The van der Waals surface area contributed by atoms with Gasteiger partial charge in [-0.25, -0.2) is 9.59 Å². The van der Waals surface area contributed by atoms with E-state index in [1.54, 1.807) is 0 Å².